The third-order valence-electron chi connectivity index (χ3n) is 0. The third-order valence-corrected chi connectivity index (χ3v) is 0. The molecule has 0 amide bonds. The normalized spacial score (nSPS) is 0. The van der Waals surface area contributed by atoms with Gasteiger partial charge in [-0.1, -0.05) is 0 Å². The molecule has 0 aliphatic heterocycles. The van der Waals surface area contributed by atoms with Crippen LogP contribution in [0.15, 0.2) is 0 Å². The Bertz CT molecular complexity index is 16.9. The maximum atomic E-state index is 0. The molecule has 0 bridgehead atoms. The zero-order chi connectivity index (χ0) is 0. The average Bonchev–Trinajstić information content (AvgIpc) is 0. The second kappa shape index (κ2) is 133. The molecule has 0 heterocycles. The van der Waals surface area contributed by atoms with E-state index >= 15 is 0 Å². The first-order chi connectivity index (χ1) is 0. The van der Waals surface area contributed by atoms with E-state index in [0.717, 1.165) is 0 Å². The van der Waals surface area contributed by atoms with Gasteiger partial charge in [-0.15, -0.1) is 0 Å². The molecular formula is H13MgNaO5. The summed E-state index contributed by atoms with van der Waals surface area (Å²) in [5.74, 6) is 0. The van der Waals surface area contributed by atoms with E-state index in [-0.39, 0.29) is 84.3 Å². The predicted molar refractivity (Wildman–Crippen MR) is 27.2 cm³/mol. The molecule has 7 heteroatoms. The van der Waals surface area contributed by atoms with Crippen LogP contribution in [0.1, 0.15) is 4.28 Å². The minimum Gasteiger partial charge on any atom is -1.00 e. The summed E-state index contributed by atoms with van der Waals surface area (Å²) in [5.41, 5.74) is 0. The van der Waals surface area contributed by atoms with E-state index in [1.165, 1.54) is 0 Å². The van der Waals surface area contributed by atoms with Crippen LogP contribution in [0, 0.1) is 0 Å². The van der Waals surface area contributed by atoms with Gasteiger partial charge >= 0.3 is 52.6 Å². The SMILES string of the molecule is O.O.O.O.O.[H-].[H-].[H-].[Mg+2].[Na+]. The molecular weight excluding hydrogens is 127 g/mol. The Labute approximate surface area is 83.9 Å². The van der Waals surface area contributed by atoms with Gasteiger partial charge in [0.25, 0.3) is 0 Å². The van der Waals surface area contributed by atoms with Crippen LogP contribution in [0.3, 0.4) is 0 Å². The summed E-state index contributed by atoms with van der Waals surface area (Å²) in [4.78, 5) is 0. The quantitative estimate of drug-likeness (QED) is 0.293. The first kappa shape index (κ1) is 200. The molecule has 0 aromatic carbocycles. The minimum absolute atomic E-state index is 0. The zero-order valence-corrected chi connectivity index (χ0v) is 7.62. The number of hydrogen-bond donors (Lipinski definition) is 0. The van der Waals surface area contributed by atoms with Crippen molar-refractivity contribution in [3.8, 4) is 0 Å². The van der Waals surface area contributed by atoms with Crippen molar-refractivity contribution in [2.24, 2.45) is 0 Å². The molecule has 10 N–H and O–H groups in total. The van der Waals surface area contributed by atoms with Gasteiger partial charge in [0.05, 0.1) is 0 Å². The predicted octanol–water partition coefficient (Wildman–Crippen LogP) is -7.16. The van der Waals surface area contributed by atoms with E-state index in [2.05, 4.69) is 0 Å². The van der Waals surface area contributed by atoms with E-state index in [1.807, 2.05) is 0 Å². The molecule has 5 nitrogen and oxygen atoms in total. The molecule has 0 fully saturated rings. The summed E-state index contributed by atoms with van der Waals surface area (Å²) >= 11 is 0. The second-order valence-electron chi connectivity index (χ2n) is 0. The number of rotatable bonds is 0. The second-order valence-corrected chi connectivity index (χ2v) is 0. The monoisotopic (exact) mass is 140 g/mol. The van der Waals surface area contributed by atoms with E-state index in [0.29, 0.717) is 0 Å². The molecule has 7 heavy (non-hydrogen) atoms. The summed E-state index contributed by atoms with van der Waals surface area (Å²) in [5, 5.41) is 0. The van der Waals surface area contributed by atoms with Gasteiger partial charge in [-0.25, -0.2) is 0 Å². The average molecular weight is 140 g/mol. The molecule has 0 rings (SSSR count). The maximum Gasteiger partial charge on any atom is 2.00 e. The molecule has 46 valence electrons. The number of hydrogen-bond acceptors (Lipinski definition) is 0. The van der Waals surface area contributed by atoms with Crippen LogP contribution in [0.2, 0.25) is 0 Å². The summed E-state index contributed by atoms with van der Waals surface area (Å²) < 4.78 is 0. The fourth-order valence-electron chi connectivity index (χ4n) is 0. The van der Waals surface area contributed by atoms with E-state index in [1.54, 1.807) is 0 Å². The molecule has 0 unspecified atom stereocenters. The molecule has 0 spiro atoms. The van der Waals surface area contributed by atoms with Gasteiger partial charge in [0.15, 0.2) is 0 Å². The van der Waals surface area contributed by atoms with E-state index in [4.69, 9.17) is 0 Å². The minimum atomic E-state index is 0. The van der Waals surface area contributed by atoms with Crippen molar-refractivity contribution >= 4 is 23.1 Å². The zero-order valence-electron chi connectivity index (χ0n) is 7.21. The van der Waals surface area contributed by atoms with Gasteiger partial charge in [0.1, 0.15) is 0 Å². The van der Waals surface area contributed by atoms with Gasteiger partial charge in [0, 0.05) is 0 Å². The Hall–Kier alpha value is 1.57. The molecule has 0 saturated carbocycles. The molecule has 0 saturated heterocycles. The topological polar surface area (TPSA) is 158 Å². The molecule has 0 radical (unpaired) electrons. The molecule has 0 aliphatic carbocycles. The maximum absolute atomic E-state index is 0. The third kappa shape index (κ3) is 95.6. The smallest absolute Gasteiger partial charge is 1.00 e. The summed E-state index contributed by atoms with van der Waals surface area (Å²) in [6.07, 6.45) is 0. The fourth-order valence-corrected chi connectivity index (χ4v) is 0. The van der Waals surface area contributed by atoms with Crippen molar-refractivity contribution in [3.63, 3.8) is 0 Å². The van der Waals surface area contributed by atoms with Crippen molar-refractivity contribution in [2.45, 2.75) is 0 Å². The van der Waals surface area contributed by atoms with Crippen LogP contribution in [0.4, 0.5) is 0 Å². The van der Waals surface area contributed by atoms with Crippen molar-refractivity contribution in [3.05, 3.63) is 0 Å². The van der Waals surface area contributed by atoms with E-state index in [9.17, 15) is 0 Å². The Balaban J connectivity index is 0. The van der Waals surface area contributed by atoms with Gasteiger partial charge in [-0.3, -0.25) is 0 Å². The van der Waals surface area contributed by atoms with Crippen molar-refractivity contribution < 1.29 is 61.2 Å². The van der Waals surface area contributed by atoms with Crippen LogP contribution < -0.4 is 29.6 Å². The molecule has 0 aromatic heterocycles. The van der Waals surface area contributed by atoms with Crippen molar-refractivity contribution in [2.75, 3.05) is 0 Å². The van der Waals surface area contributed by atoms with Crippen molar-refractivity contribution in [1.29, 1.82) is 0 Å². The summed E-state index contributed by atoms with van der Waals surface area (Å²) in [6, 6.07) is 0. The standard InChI is InChI=1S/Mg.Na.5H2O.3H/h;;5*1H2;;;/q+2;+1;;;;;;3*-1. The molecule has 0 aromatic rings. The van der Waals surface area contributed by atoms with Gasteiger partial charge in [-0.05, 0) is 0 Å². The van der Waals surface area contributed by atoms with Crippen molar-refractivity contribution in [1.82, 2.24) is 0 Å². The van der Waals surface area contributed by atoms with Gasteiger partial charge < -0.3 is 31.7 Å². The first-order valence-corrected chi connectivity index (χ1v) is 0. The molecule has 0 atom stereocenters. The summed E-state index contributed by atoms with van der Waals surface area (Å²) in [7, 11) is 0. The van der Waals surface area contributed by atoms with Crippen LogP contribution in [0.25, 0.3) is 0 Å². The van der Waals surface area contributed by atoms with Crippen LogP contribution >= 0.6 is 0 Å². The van der Waals surface area contributed by atoms with E-state index < -0.39 is 0 Å². The largest absolute Gasteiger partial charge is 2.00 e. The Kier molecular flexibility index (Phi) is 3800. The fraction of sp³-hybridized carbons (Fsp3) is 0. The van der Waals surface area contributed by atoms with Crippen LogP contribution in [-0.4, -0.2) is 50.4 Å². The van der Waals surface area contributed by atoms with Gasteiger partial charge in [-0.2, -0.15) is 0 Å². The first-order valence-electron chi connectivity index (χ1n) is 0. The van der Waals surface area contributed by atoms with Crippen LogP contribution in [0.5, 0.6) is 0 Å². The Morgan fingerprint density at radius 2 is 0.571 bits per heavy atom. The van der Waals surface area contributed by atoms with Crippen LogP contribution in [-0.2, 0) is 0 Å². The Morgan fingerprint density at radius 1 is 0.571 bits per heavy atom. The van der Waals surface area contributed by atoms with Gasteiger partial charge in [0.2, 0.25) is 0 Å². The Morgan fingerprint density at radius 3 is 0.571 bits per heavy atom. The summed E-state index contributed by atoms with van der Waals surface area (Å²) in [6.45, 7) is 0. The molecule has 0 aliphatic rings.